The zero-order valence-corrected chi connectivity index (χ0v) is 17.3. The second kappa shape index (κ2) is 8.52. The molecule has 9 heteroatoms. The summed E-state index contributed by atoms with van der Waals surface area (Å²) in [5.41, 5.74) is 1.35. The van der Waals surface area contributed by atoms with Crippen molar-refractivity contribution in [2.75, 3.05) is 27.8 Å². The predicted molar refractivity (Wildman–Crippen MR) is 109 cm³/mol. The summed E-state index contributed by atoms with van der Waals surface area (Å²) in [5.74, 6) is 1.34. The highest BCUT2D eigenvalue weighted by atomic mass is 32.2. The van der Waals surface area contributed by atoms with Crippen LogP contribution in [0.25, 0.3) is 0 Å². The molecule has 1 aliphatic rings. The molecule has 1 N–H and O–H groups in total. The van der Waals surface area contributed by atoms with E-state index in [2.05, 4.69) is 9.71 Å². The van der Waals surface area contributed by atoms with Gasteiger partial charge in [-0.2, -0.15) is 0 Å². The molecule has 0 unspecified atom stereocenters. The minimum absolute atomic E-state index is 0.117. The molecule has 0 radical (unpaired) electrons. The highest BCUT2D eigenvalue weighted by Crippen LogP contribution is 2.31. The second-order valence-electron chi connectivity index (χ2n) is 6.48. The molecule has 2 aromatic carbocycles. The monoisotopic (exact) mass is 417 g/mol. The van der Waals surface area contributed by atoms with Crippen LogP contribution >= 0.6 is 0 Å². The van der Waals surface area contributed by atoms with Gasteiger partial charge in [-0.1, -0.05) is 24.3 Å². The molecule has 0 bridgehead atoms. The fourth-order valence-corrected chi connectivity index (χ4v) is 4.38. The van der Waals surface area contributed by atoms with Crippen LogP contribution in [0.1, 0.15) is 17.5 Å². The summed E-state index contributed by atoms with van der Waals surface area (Å²) in [5, 5.41) is 0. The molecule has 8 nitrogen and oxygen atoms in total. The highest BCUT2D eigenvalue weighted by molar-refractivity contribution is 7.90. The molecule has 154 valence electrons. The summed E-state index contributed by atoms with van der Waals surface area (Å²) >= 11 is 0. The van der Waals surface area contributed by atoms with Crippen molar-refractivity contribution in [1.82, 2.24) is 9.62 Å². The van der Waals surface area contributed by atoms with E-state index in [-0.39, 0.29) is 29.6 Å². The molecular weight excluding hydrogens is 394 g/mol. The van der Waals surface area contributed by atoms with Crippen LogP contribution in [-0.4, -0.2) is 52.9 Å². The summed E-state index contributed by atoms with van der Waals surface area (Å²) in [6.07, 6.45) is 0.149. The van der Waals surface area contributed by atoms with Crippen molar-refractivity contribution in [3.05, 3.63) is 53.6 Å². The van der Waals surface area contributed by atoms with Gasteiger partial charge in [-0.25, -0.2) is 8.42 Å². The average molecular weight is 417 g/mol. The lowest BCUT2D eigenvalue weighted by atomic mass is 10.1. The average Bonchev–Trinajstić information content (AvgIpc) is 2.98. The molecule has 2 aromatic rings. The maximum absolute atomic E-state index is 12.5. The maximum Gasteiger partial charge on any atom is 0.263 e. The number of fused-ring (bicyclic) bond motifs is 1. The van der Waals surface area contributed by atoms with Crippen LogP contribution in [0.15, 0.2) is 52.4 Å². The number of para-hydroxylation sites is 1. The Bertz CT molecular complexity index is 1050. The molecular formula is C20H23N3O5S. The van der Waals surface area contributed by atoms with E-state index < -0.39 is 10.0 Å². The van der Waals surface area contributed by atoms with Gasteiger partial charge in [-0.05, 0) is 18.2 Å². The molecule has 0 aromatic heterocycles. The van der Waals surface area contributed by atoms with E-state index >= 15 is 0 Å². The Balaban J connectivity index is 1.64. The quantitative estimate of drug-likeness (QED) is 0.741. The third-order valence-electron chi connectivity index (χ3n) is 4.58. The first kappa shape index (κ1) is 20.7. The number of amidine groups is 1. The number of aliphatic imine (C=N–C) groups is 1. The minimum Gasteiger partial charge on any atom is -0.493 e. The number of amides is 1. The molecule has 0 saturated heterocycles. The molecule has 0 aliphatic carbocycles. The van der Waals surface area contributed by atoms with Crippen LogP contribution in [0.5, 0.6) is 11.5 Å². The van der Waals surface area contributed by atoms with Crippen molar-refractivity contribution in [3.63, 3.8) is 0 Å². The van der Waals surface area contributed by atoms with Gasteiger partial charge in [-0.15, -0.1) is 0 Å². The number of benzene rings is 2. The van der Waals surface area contributed by atoms with E-state index in [0.29, 0.717) is 23.6 Å². The Morgan fingerprint density at radius 2 is 1.86 bits per heavy atom. The van der Waals surface area contributed by atoms with E-state index in [1.165, 1.54) is 6.07 Å². The van der Waals surface area contributed by atoms with E-state index in [9.17, 15) is 13.2 Å². The van der Waals surface area contributed by atoms with Gasteiger partial charge in [0.2, 0.25) is 5.91 Å². The Morgan fingerprint density at radius 1 is 1.10 bits per heavy atom. The Hall–Kier alpha value is -3.07. The molecule has 0 fully saturated rings. The largest absolute Gasteiger partial charge is 0.493 e. The zero-order chi connectivity index (χ0) is 21.0. The lowest BCUT2D eigenvalue weighted by molar-refractivity contribution is -0.130. The van der Waals surface area contributed by atoms with Gasteiger partial charge in [0.05, 0.1) is 25.7 Å². The first-order chi connectivity index (χ1) is 13.9. The molecule has 29 heavy (non-hydrogen) atoms. The number of hydrogen-bond donors (Lipinski definition) is 1. The number of nitrogens with one attached hydrogen (secondary N) is 1. The number of ether oxygens (including phenoxy) is 2. The van der Waals surface area contributed by atoms with Gasteiger partial charge in [0.15, 0.2) is 11.5 Å². The van der Waals surface area contributed by atoms with Crippen molar-refractivity contribution in [2.45, 2.75) is 17.9 Å². The fraction of sp³-hybridized carbons (Fsp3) is 0.300. The fourth-order valence-electron chi connectivity index (χ4n) is 3.13. The van der Waals surface area contributed by atoms with Gasteiger partial charge < -0.3 is 14.4 Å². The molecule has 0 spiro atoms. The lowest BCUT2D eigenvalue weighted by Gasteiger charge is -2.19. The predicted octanol–water partition coefficient (Wildman–Crippen LogP) is 1.79. The number of carbonyl (C=O) groups excluding carboxylic acids is 1. The number of hydrogen-bond acceptors (Lipinski definition) is 6. The Labute approximate surface area is 170 Å². The summed E-state index contributed by atoms with van der Waals surface area (Å²) < 4.78 is 37.3. The number of nitrogens with zero attached hydrogens (tertiary/aromatic N) is 2. The van der Waals surface area contributed by atoms with Gasteiger partial charge >= 0.3 is 0 Å². The Kier molecular flexibility index (Phi) is 6.07. The number of methoxy groups -OCH3 is 2. The molecule has 1 aliphatic heterocycles. The van der Waals surface area contributed by atoms with E-state index in [1.807, 2.05) is 12.1 Å². The summed E-state index contributed by atoms with van der Waals surface area (Å²) in [6, 6.07) is 12.1. The highest BCUT2D eigenvalue weighted by Gasteiger charge is 2.30. The normalized spacial score (nSPS) is 15.5. The van der Waals surface area contributed by atoms with Crippen molar-refractivity contribution in [1.29, 1.82) is 0 Å². The van der Waals surface area contributed by atoms with E-state index in [4.69, 9.17) is 9.47 Å². The summed E-state index contributed by atoms with van der Waals surface area (Å²) in [7, 11) is 1.23. The Morgan fingerprint density at radius 3 is 2.59 bits per heavy atom. The molecule has 0 atom stereocenters. The van der Waals surface area contributed by atoms with Crippen LogP contribution in [0.3, 0.4) is 0 Å². The van der Waals surface area contributed by atoms with Gasteiger partial charge in [0, 0.05) is 31.1 Å². The van der Waals surface area contributed by atoms with Gasteiger partial charge in [-0.3, -0.25) is 14.5 Å². The number of sulfonamides is 1. The van der Waals surface area contributed by atoms with Crippen LogP contribution in [0.4, 0.5) is 0 Å². The van der Waals surface area contributed by atoms with Crippen LogP contribution in [0, 0.1) is 0 Å². The van der Waals surface area contributed by atoms with Crippen molar-refractivity contribution >= 4 is 21.8 Å². The van der Waals surface area contributed by atoms with Crippen molar-refractivity contribution < 1.29 is 22.7 Å². The third kappa shape index (κ3) is 4.34. The molecule has 1 heterocycles. The summed E-state index contributed by atoms with van der Waals surface area (Å²) in [6.45, 7) is 0.524. The van der Waals surface area contributed by atoms with E-state index in [0.717, 1.165) is 5.56 Å². The SMILES string of the molecule is COc1cccc(CN(C)C(=O)CCN=C2NS(=O)(=O)c3ccccc32)c1OC. The van der Waals surface area contributed by atoms with Crippen LogP contribution in [0.2, 0.25) is 0 Å². The maximum atomic E-state index is 12.5. The first-order valence-electron chi connectivity index (χ1n) is 8.98. The van der Waals surface area contributed by atoms with Gasteiger partial charge in [0.1, 0.15) is 5.84 Å². The minimum atomic E-state index is -3.58. The number of rotatable bonds is 7. The standard InChI is InChI=1S/C20H23N3O5S/c1-23(13-14-7-6-9-16(27-2)19(14)28-3)18(24)11-12-21-20-15-8-4-5-10-17(15)29(25,26)22-20/h4-10H,11-13H2,1-3H3,(H,21,22). The van der Waals surface area contributed by atoms with Gasteiger partial charge in [0.25, 0.3) is 10.0 Å². The second-order valence-corrected chi connectivity index (χ2v) is 8.14. The van der Waals surface area contributed by atoms with Crippen molar-refractivity contribution in [2.24, 2.45) is 4.99 Å². The van der Waals surface area contributed by atoms with Crippen molar-refractivity contribution in [3.8, 4) is 11.5 Å². The van der Waals surface area contributed by atoms with E-state index in [1.54, 1.807) is 50.4 Å². The third-order valence-corrected chi connectivity index (χ3v) is 5.97. The smallest absolute Gasteiger partial charge is 0.263 e. The molecule has 3 rings (SSSR count). The lowest BCUT2D eigenvalue weighted by Crippen LogP contribution is -2.27. The van der Waals surface area contributed by atoms with Crippen LogP contribution < -0.4 is 14.2 Å². The first-order valence-corrected chi connectivity index (χ1v) is 10.5. The molecule has 1 amide bonds. The topological polar surface area (TPSA) is 97.3 Å². The zero-order valence-electron chi connectivity index (χ0n) is 16.5. The summed E-state index contributed by atoms with van der Waals surface area (Å²) in [4.78, 5) is 18.6. The molecule has 0 saturated carbocycles. The number of carbonyl (C=O) groups is 1. The van der Waals surface area contributed by atoms with Crippen LogP contribution in [-0.2, 0) is 21.4 Å².